The summed E-state index contributed by atoms with van der Waals surface area (Å²) in [5, 5.41) is 5.87. The number of aromatic nitrogens is 2. The minimum Gasteiger partial charge on any atom is -0.383 e. The van der Waals surface area contributed by atoms with Crippen molar-refractivity contribution in [3.8, 4) is 11.3 Å². The quantitative estimate of drug-likeness (QED) is 0.347. The molecular formula is C28H28F3N5O2. The first kappa shape index (κ1) is 25.7. The van der Waals surface area contributed by atoms with Crippen molar-refractivity contribution in [1.82, 2.24) is 19.6 Å². The van der Waals surface area contributed by atoms with Crippen molar-refractivity contribution in [3.63, 3.8) is 0 Å². The second-order valence-corrected chi connectivity index (χ2v) is 9.26. The van der Waals surface area contributed by atoms with Gasteiger partial charge < -0.3 is 10.1 Å². The summed E-state index contributed by atoms with van der Waals surface area (Å²) in [5.74, 6) is 0.215. The molecule has 2 aromatic carbocycles. The summed E-state index contributed by atoms with van der Waals surface area (Å²) in [6.45, 7) is 2.67. The molecule has 1 fully saturated rings. The Morgan fingerprint density at radius 3 is 2.42 bits per heavy atom. The number of methoxy groups -OCH3 is 1. The Bertz CT molecular complexity index is 1390. The number of urea groups is 1. The molecule has 2 amide bonds. The van der Waals surface area contributed by atoms with Crippen LogP contribution < -0.4 is 10.6 Å². The van der Waals surface area contributed by atoms with Gasteiger partial charge in [0.1, 0.15) is 11.5 Å². The number of imidazole rings is 1. The molecule has 1 aliphatic heterocycles. The third-order valence-electron chi connectivity index (χ3n) is 6.79. The van der Waals surface area contributed by atoms with Crippen LogP contribution in [-0.2, 0) is 10.9 Å². The SMILES string of the molecule is COCCN1CC(NC(=O)Nc2c(-c3ccccc3)nc3c(C(F)(F)F)cccn23)C(c2ccccc2)C1. The van der Waals surface area contributed by atoms with E-state index in [1.807, 2.05) is 30.3 Å². The number of amides is 2. The monoisotopic (exact) mass is 523 g/mol. The number of alkyl halides is 3. The summed E-state index contributed by atoms with van der Waals surface area (Å²) >= 11 is 0. The number of nitrogens with one attached hydrogen (secondary N) is 2. The lowest BCUT2D eigenvalue weighted by Crippen LogP contribution is -2.42. The maximum absolute atomic E-state index is 13.8. The van der Waals surface area contributed by atoms with Crippen LogP contribution in [0.15, 0.2) is 79.0 Å². The number of carbonyl (C=O) groups is 1. The van der Waals surface area contributed by atoms with E-state index in [1.165, 1.54) is 16.7 Å². The average molecular weight is 524 g/mol. The minimum absolute atomic E-state index is 0.0476. The van der Waals surface area contributed by atoms with Crippen LogP contribution in [0.25, 0.3) is 16.9 Å². The summed E-state index contributed by atoms with van der Waals surface area (Å²) in [6.07, 6.45) is -3.13. The number of ether oxygens (including phenoxy) is 1. The van der Waals surface area contributed by atoms with Crippen molar-refractivity contribution in [2.45, 2.75) is 18.1 Å². The zero-order valence-corrected chi connectivity index (χ0v) is 20.8. The summed E-state index contributed by atoms with van der Waals surface area (Å²) in [5.41, 5.74) is 0.799. The Balaban J connectivity index is 1.46. The highest BCUT2D eigenvalue weighted by Gasteiger charge is 2.36. The number of fused-ring (bicyclic) bond motifs is 1. The number of anilines is 1. The molecule has 0 aliphatic carbocycles. The number of nitrogens with zero attached hydrogens (tertiary/aromatic N) is 3. The molecular weight excluding hydrogens is 495 g/mol. The molecule has 2 aromatic heterocycles. The number of halogens is 3. The van der Waals surface area contributed by atoms with Gasteiger partial charge in [-0.1, -0.05) is 60.7 Å². The van der Waals surface area contributed by atoms with Gasteiger partial charge in [0.2, 0.25) is 0 Å². The Morgan fingerprint density at radius 1 is 1.03 bits per heavy atom. The van der Waals surface area contributed by atoms with Gasteiger partial charge in [-0.05, 0) is 17.7 Å². The van der Waals surface area contributed by atoms with Crippen LogP contribution in [0.5, 0.6) is 0 Å². The van der Waals surface area contributed by atoms with Crippen LogP contribution in [0.4, 0.5) is 23.8 Å². The lowest BCUT2D eigenvalue weighted by atomic mass is 9.94. The number of pyridine rings is 1. The Labute approximate surface area is 218 Å². The Hall–Kier alpha value is -3.89. The van der Waals surface area contributed by atoms with Crippen molar-refractivity contribution in [1.29, 1.82) is 0 Å². The highest BCUT2D eigenvalue weighted by atomic mass is 19.4. The Kier molecular flexibility index (Phi) is 7.35. The molecule has 0 saturated carbocycles. The third-order valence-corrected chi connectivity index (χ3v) is 6.79. The molecule has 0 radical (unpaired) electrons. The summed E-state index contributed by atoms with van der Waals surface area (Å²) < 4.78 is 47.8. The summed E-state index contributed by atoms with van der Waals surface area (Å²) in [7, 11) is 1.65. The molecule has 10 heteroatoms. The first-order valence-corrected chi connectivity index (χ1v) is 12.3. The van der Waals surface area contributed by atoms with Crippen molar-refractivity contribution >= 4 is 17.5 Å². The molecule has 1 aliphatic rings. The lowest BCUT2D eigenvalue weighted by Gasteiger charge is -2.21. The highest BCUT2D eigenvalue weighted by Crippen LogP contribution is 2.36. The minimum atomic E-state index is -4.60. The van der Waals surface area contributed by atoms with Crippen LogP contribution in [0.3, 0.4) is 0 Å². The van der Waals surface area contributed by atoms with E-state index in [2.05, 4.69) is 20.5 Å². The molecule has 198 valence electrons. The average Bonchev–Trinajstić information content (AvgIpc) is 3.49. The topological polar surface area (TPSA) is 70.9 Å². The van der Waals surface area contributed by atoms with Crippen molar-refractivity contribution in [2.24, 2.45) is 0 Å². The van der Waals surface area contributed by atoms with Crippen LogP contribution in [-0.4, -0.2) is 59.7 Å². The summed E-state index contributed by atoms with van der Waals surface area (Å²) in [6, 6.07) is 20.3. The maximum atomic E-state index is 13.8. The maximum Gasteiger partial charge on any atom is 0.419 e. The fourth-order valence-electron chi connectivity index (χ4n) is 4.99. The van der Waals surface area contributed by atoms with Gasteiger partial charge in [-0.3, -0.25) is 14.6 Å². The van der Waals surface area contributed by atoms with E-state index in [0.29, 0.717) is 18.7 Å². The number of hydrogen-bond donors (Lipinski definition) is 2. The largest absolute Gasteiger partial charge is 0.419 e. The molecule has 1 saturated heterocycles. The fourth-order valence-corrected chi connectivity index (χ4v) is 4.99. The molecule has 4 aromatic rings. The van der Waals surface area contributed by atoms with Gasteiger partial charge in [-0.15, -0.1) is 0 Å². The van der Waals surface area contributed by atoms with Crippen molar-refractivity contribution < 1.29 is 22.7 Å². The standard InChI is InChI=1S/C28H28F3N5O2/c1-38-16-15-35-17-21(19-9-4-2-5-10-19)23(18-35)32-27(37)34-26-24(20-11-6-3-7-12-20)33-25-22(28(29,30)31)13-8-14-36(25)26/h2-14,21,23H,15-18H2,1H3,(H2,32,34,37). The molecule has 38 heavy (non-hydrogen) atoms. The predicted molar refractivity (Wildman–Crippen MR) is 139 cm³/mol. The van der Waals surface area contributed by atoms with E-state index in [9.17, 15) is 18.0 Å². The third kappa shape index (κ3) is 5.36. The van der Waals surface area contributed by atoms with E-state index in [4.69, 9.17) is 4.74 Å². The van der Waals surface area contributed by atoms with E-state index in [1.54, 1.807) is 37.4 Å². The van der Waals surface area contributed by atoms with Gasteiger partial charge in [0, 0.05) is 44.4 Å². The van der Waals surface area contributed by atoms with E-state index in [-0.39, 0.29) is 29.1 Å². The predicted octanol–water partition coefficient (Wildman–Crippen LogP) is 5.26. The van der Waals surface area contributed by atoms with Crippen LogP contribution in [0, 0.1) is 0 Å². The van der Waals surface area contributed by atoms with E-state index < -0.39 is 17.8 Å². The van der Waals surface area contributed by atoms with Crippen LogP contribution in [0.2, 0.25) is 0 Å². The first-order chi connectivity index (χ1) is 18.3. The first-order valence-electron chi connectivity index (χ1n) is 12.3. The zero-order valence-electron chi connectivity index (χ0n) is 20.8. The summed E-state index contributed by atoms with van der Waals surface area (Å²) in [4.78, 5) is 19.9. The molecule has 0 spiro atoms. The number of benzene rings is 2. The van der Waals surface area contributed by atoms with Crippen LogP contribution in [0.1, 0.15) is 17.0 Å². The van der Waals surface area contributed by atoms with Gasteiger partial charge in [-0.25, -0.2) is 9.78 Å². The van der Waals surface area contributed by atoms with E-state index in [0.717, 1.165) is 24.7 Å². The highest BCUT2D eigenvalue weighted by molar-refractivity contribution is 5.94. The second-order valence-electron chi connectivity index (χ2n) is 9.26. The fraction of sp³-hybridized carbons (Fsp3) is 0.286. The Morgan fingerprint density at radius 2 is 1.74 bits per heavy atom. The van der Waals surface area contributed by atoms with Gasteiger partial charge >= 0.3 is 12.2 Å². The number of likely N-dealkylation sites (tertiary alicyclic amines) is 1. The molecule has 5 rings (SSSR count). The molecule has 3 heterocycles. The van der Waals surface area contributed by atoms with Gasteiger partial charge in [0.15, 0.2) is 5.65 Å². The molecule has 0 bridgehead atoms. The number of hydrogen-bond acceptors (Lipinski definition) is 4. The second kappa shape index (κ2) is 10.8. The zero-order chi connectivity index (χ0) is 26.7. The lowest BCUT2D eigenvalue weighted by molar-refractivity contribution is -0.136. The van der Waals surface area contributed by atoms with Gasteiger partial charge in [-0.2, -0.15) is 13.2 Å². The van der Waals surface area contributed by atoms with Crippen molar-refractivity contribution in [2.75, 3.05) is 38.7 Å². The van der Waals surface area contributed by atoms with Gasteiger partial charge in [0.25, 0.3) is 0 Å². The number of carbonyl (C=O) groups excluding carboxylic acids is 1. The molecule has 2 N–H and O–H groups in total. The smallest absolute Gasteiger partial charge is 0.383 e. The molecule has 7 nitrogen and oxygen atoms in total. The molecule has 2 unspecified atom stereocenters. The van der Waals surface area contributed by atoms with Crippen LogP contribution >= 0.6 is 0 Å². The number of rotatable bonds is 7. The van der Waals surface area contributed by atoms with Crippen molar-refractivity contribution in [3.05, 3.63) is 90.1 Å². The normalized spacial score (nSPS) is 18.1. The van der Waals surface area contributed by atoms with Gasteiger partial charge in [0.05, 0.1) is 18.2 Å². The van der Waals surface area contributed by atoms with E-state index >= 15 is 0 Å². The molecule has 2 atom stereocenters.